The van der Waals surface area contributed by atoms with Crippen molar-refractivity contribution in [2.24, 2.45) is 0 Å². The fraction of sp³-hybridized carbons (Fsp3) is 0.429. The molecule has 1 aromatic rings. The van der Waals surface area contributed by atoms with Crippen LogP contribution in [0.15, 0.2) is 12.1 Å². The van der Waals surface area contributed by atoms with E-state index >= 15 is 0 Å². The minimum Gasteiger partial charge on any atom is -0.345 e. The van der Waals surface area contributed by atoms with Crippen molar-refractivity contribution < 1.29 is 44.7 Å². The molecule has 1 unspecified atom stereocenters. The van der Waals surface area contributed by atoms with Crippen molar-refractivity contribution in [3.63, 3.8) is 0 Å². The molecule has 26 heavy (non-hydrogen) atoms. The summed E-state index contributed by atoms with van der Waals surface area (Å²) >= 11 is 0. The Labute approximate surface area is 141 Å². The molecule has 2 amide bonds. The van der Waals surface area contributed by atoms with Gasteiger partial charge in [-0.3, -0.25) is 9.59 Å². The Morgan fingerprint density at radius 2 is 1.54 bits per heavy atom. The third-order valence-corrected chi connectivity index (χ3v) is 3.16. The molecule has 0 saturated carbocycles. The number of hydrogen-bond donors (Lipinski definition) is 2. The first-order chi connectivity index (χ1) is 11.8. The fourth-order valence-electron chi connectivity index (χ4n) is 2.01. The van der Waals surface area contributed by atoms with Gasteiger partial charge in [0.2, 0.25) is 0 Å². The second kappa shape index (κ2) is 7.87. The van der Waals surface area contributed by atoms with Crippen LogP contribution in [0.5, 0.6) is 0 Å². The quantitative estimate of drug-likeness (QED) is 0.755. The maximum Gasteiger partial charge on any atom is 0.471 e. The van der Waals surface area contributed by atoms with Crippen molar-refractivity contribution in [3.05, 3.63) is 29.1 Å². The van der Waals surface area contributed by atoms with Crippen LogP contribution in [0.1, 0.15) is 18.1 Å². The average Bonchev–Trinajstić information content (AvgIpc) is 2.48. The van der Waals surface area contributed by atoms with E-state index in [2.05, 4.69) is 0 Å². The minimum absolute atomic E-state index is 0.567. The average molecular weight is 392 g/mol. The normalized spacial score (nSPS) is 13.3. The number of anilines is 1. The summed E-state index contributed by atoms with van der Waals surface area (Å²) in [6.07, 6.45) is -11.1. The van der Waals surface area contributed by atoms with E-state index in [9.17, 15) is 44.7 Å². The molecule has 0 aromatic heterocycles. The number of carbonyl (C=O) groups excluding carboxylic acids is 2. The largest absolute Gasteiger partial charge is 0.471 e. The van der Waals surface area contributed by atoms with Gasteiger partial charge in [0.05, 0.1) is 0 Å². The van der Waals surface area contributed by atoms with E-state index in [1.54, 1.807) is 0 Å². The fourth-order valence-corrected chi connectivity index (χ4v) is 2.01. The summed E-state index contributed by atoms with van der Waals surface area (Å²) in [6, 6.07) is -0.00715. The predicted molar refractivity (Wildman–Crippen MR) is 73.3 cm³/mol. The standard InChI is InChI=1S/C14H12F8N2O2/c1-6(23-11(25)13(17,18)19)4-7-8(5-15)10(3-2-9(7)16)24-12(26)14(20,21)22/h2-3,6H,4-5H2,1H3,(H,23,25)(H,24,26). The smallest absolute Gasteiger partial charge is 0.345 e. The van der Waals surface area contributed by atoms with Crippen LogP contribution in [0.3, 0.4) is 0 Å². The van der Waals surface area contributed by atoms with Crippen LogP contribution in [0.2, 0.25) is 0 Å². The van der Waals surface area contributed by atoms with Gasteiger partial charge in [-0.2, -0.15) is 26.3 Å². The summed E-state index contributed by atoms with van der Waals surface area (Å²) < 4.78 is 101. The number of rotatable bonds is 5. The van der Waals surface area contributed by atoms with E-state index in [1.807, 2.05) is 0 Å². The number of carbonyl (C=O) groups is 2. The molecule has 1 rings (SSSR count). The zero-order valence-corrected chi connectivity index (χ0v) is 13.0. The Morgan fingerprint density at radius 3 is 2.00 bits per heavy atom. The first-order valence-corrected chi connectivity index (χ1v) is 6.89. The molecule has 146 valence electrons. The summed E-state index contributed by atoms with van der Waals surface area (Å²) in [6.45, 7) is -0.438. The number of alkyl halides is 7. The second-order valence-electron chi connectivity index (χ2n) is 5.21. The Hall–Kier alpha value is -2.40. The molecular weight excluding hydrogens is 380 g/mol. The molecule has 1 atom stereocenters. The number of nitrogens with one attached hydrogen (secondary N) is 2. The molecular formula is C14H12F8N2O2. The van der Waals surface area contributed by atoms with Crippen LogP contribution in [-0.4, -0.2) is 30.2 Å². The van der Waals surface area contributed by atoms with Crippen molar-refractivity contribution in [2.45, 2.75) is 38.4 Å². The number of benzene rings is 1. The van der Waals surface area contributed by atoms with E-state index in [0.717, 1.165) is 6.92 Å². The van der Waals surface area contributed by atoms with Gasteiger partial charge in [0.15, 0.2) is 0 Å². The maximum absolute atomic E-state index is 13.9. The van der Waals surface area contributed by atoms with Gasteiger partial charge < -0.3 is 10.6 Å². The molecule has 12 heteroatoms. The number of amides is 2. The lowest BCUT2D eigenvalue weighted by Gasteiger charge is -2.19. The predicted octanol–water partition coefficient (Wildman–Crippen LogP) is 3.41. The molecule has 0 heterocycles. The van der Waals surface area contributed by atoms with E-state index < -0.39 is 65.9 Å². The van der Waals surface area contributed by atoms with Crippen molar-refractivity contribution >= 4 is 17.5 Å². The van der Waals surface area contributed by atoms with Crippen LogP contribution in [-0.2, 0) is 22.7 Å². The molecule has 0 fully saturated rings. The van der Waals surface area contributed by atoms with Gasteiger partial charge in [-0.25, -0.2) is 8.78 Å². The number of halogens is 8. The first-order valence-electron chi connectivity index (χ1n) is 6.89. The van der Waals surface area contributed by atoms with Gasteiger partial charge in [0.25, 0.3) is 0 Å². The van der Waals surface area contributed by atoms with Gasteiger partial charge in [0.1, 0.15) is 12.5 Å². The van der Waals surface area contributed by atoms with E-state index in [4.69, 9.17) is 0 Å². The third-order valence-electron chi connectivity index (χ3n) is 3.16. The van der Waals surface area contributed by atoms with E-state index in [1.165, 1.54) is 10.6 Å². The Kier molecular flexibility index (Phi) is 6.55. The molecule has 0 aliphatic rings. The second-order valence-corrected chi connectivity index (χ2v) is 5.21. The molecule has 0 spiro atoms. The molecule has 0 radical (unpaired) electrons. The summed E-state index contributed by atoms with van der Waals surface area (Å²) in [5.41, 5.74) is -1.92. The van der Waals surface area contributed by atoms with Gasteiger partial charge in [-0.15, -0.1) is 0 Å². The lowest BCUT2D eigenvalue weighted by atomic mass is 9.99. The van der Waals surface area contributed by atoms with Gasteiger partial charge in [-0.1, -0.05) is 0 Å². The van der Waals surface area contributed by atoms with Crippen LogP contribution < -0.4 is 10.6 Å². The lowest BCUT2D eigenvalue weighted by Crippen LogP contribution is -2.42. The SMILES string of the molecule is CC(Cc1c(F)ccc(NC(=O)C(F)(F)F)c1CF)NC(=O)C(F)(F)F. The van der Waals surface area contributed by atoms with Crippen molar-refractivity contribution in [1.29, 1.82) is 0 Å². The molecule has 0 bridgehead atoms. The number of hydrogen-bond acceptors (Lipinski definition) is 2. The van der Waals surface area contributed by atoms with Gasteiger partial charge >= 0.3 is 24.2 Å². The highest BCUT2D eigenvalue weighted by molar-refractivity contribution is 5.95. The topological polar surface area (TPSA) is 58.2 Å². The Morgan fingerprint density at radius 1 is 1.00 bits per heavy atom. The summed E-state index contributed by atoms with van der Waals surface area (Å²) in [5, 5.41) is 2.88. The highest BCUT2D eigenvalue weighted by Gasteiger charge is 2.40. The molecule has 0 saturated heterocycles. The minimum atomic E-state index is -5.28. The summed E-state index contributed by atoms with van der Waals surface area (Å²) in [4.78, 5) is 21.8. The summed E-state index contributed by atoms with van der Waals surface area (Å²) in [7, 11) is 0. The van der Waals surface area contributed by atoms with Crippen molar-refractivity contribution in [3.8, 4) is 0 Å². The van der Waals surface area contributed by atoms with E-state index in [-0.39, 0.29) is 0 Å². The zero-order chi connectivity index (χ0) is 20.3. The Balaban J connectivity index is 3.09. The Bertz CT molecular complexity index is 685. The van der Waals surface area contributed by atoms with Crippen LogP contribution in [0.4, 0.5) is 40.8 Å². The molecule has 0 aliphatic carbocycles. The molecule has 4 nitrogen and oxygen atoms in total. The third kappa shape index (κ3) is 5.56. The van der Waals surface area contributed by atoms with Crippen molar-refractivity contribution in [1.82, 2.24) is 5.32 Å². The van der Waals surface area contributed by atoms with Gasteiger partial charge in [0, 0.05) is 17.3 Å². The van der Waals surface area contributed by atoms with Crippen LogP contribution >= 0.6 is 0 Å². The van der Waals surface area contributed by atoms with Crippen molar-refractivity contribution in [2.75, 3.05) is 5.32 Å². The molecule has 1 aromatic carbocycles. The first kappa shape index (κ1) is 21.6. The van der Waals surface area contributed by atoms with Gasteiger partial charge in [-0.05, 0) is 31.0 Å². The highest BCUT2D eigenvalue weighted by Crippen LogP contribution is 2.27. The maximum atomic E-state index is 13.9. The lowest BCUT2D eigenvalue weighted by molar-refractivity contribution is -0.174. The highest BCUT2D eigenvalue weighted by atomic mass is 19.4. The molecule has 2 N–H and O–H groups in total. The van der Waals surface area contributed by atoms with Crippen LogP contribution in [0, 0.1) is 5.82 Å². The summed E-state index contributed by atoms with van der Waals surface area (Å²) in [5.74, 6) is -5.85. The monoisotopic (exact) mass is 392 g/mol. The van der Waals surface area contributed by atoms with Crippen LogP contribution in [0.25, 0.3) is 0 Å². The van der Waals surface area contributed by atoms with E-state index in [0.29, 0.717) is 12.1 Å². The molecule has 0 aliphatic heterocycles. The zero-order valence-electron chi connectivity index (χ0n) is 13.0.